The number of benzene rings is 2. The van der Waals surface area contributed by atoms with Gasteiger partial charge in [-0.15, -0.1) is 11.6 Å². The van der Waals surface area contributed by atoms with Gasteiger partial charge in [-0.1, -0.05) is 23.7 Å². The van der Waals surface area contributed by atoms with E-state index in [0.717, 1.165) is 22.5 Å². The van der Waals surface area contributed by atoms with Crippen LogP contribution in [-0.2, 0) is 0 Å². The average molecular weight is 319 g/mol. The summed E-state index contributed by atoms with van der Waals surface area (Å²) in [5.41, 5.74) is 5.34. The van der Waals surface area contributed by atoms with E-state index in [2.05, 4.69) is 41.6 Å². The Labute approximate surface area is 134 Å². The van der Waals surface area contributed by atoms with Crippen molar-refractivity contribution in [3.05, 3.63) is 58.4 Å². The minimum absolute atomic E-state index is 0.199. The first kappa shape index (κ1) is 14.4. The van der Waals surface area contributed by atoms with Gasteiger partial charge in [-0.3, -0.25) is 4.57 Å². The van der Waals surface area contributed by atoms with Crippen LogP contribution >= 0.6 is 23.2 Å². The lowest BCUT2D eigenvalue weighted by Gasteiger charge is -2.12. The maximum Gasteiger partial charge on any atom is 0.132 e. The summed E-state index contributed by atoms with van der Waals surface area (Å²) in [6.45, 7) is 6.13. The molecule has 21 heavy (non-hydrogen) atoms. The van der Waals surface area contributed by atoms with E-state index in [-0.39, 0.29) is 5.38 Å². The molecule has 1 aromatic heterocycles. The number of hydrogen-bond donors (Lipinski definition) is 0. The molecule has 2 aromatic carbocycles. The molecular weight excluding hydrogens is 303 g/mol. The second kappa shape index (κ2) is 5.36. The fourth-order valence-electron chi connectivity index (χ4n) is 2.49. The van der Waals surface area contributed by atoms with Crippen LogP contribution in [0.15, 0.2) is 36.4 Å². The van der Waals surface area contributed by atoms with Gasteiger partial charge in [-0.25, -0.2) is 4.98 Å². The van der Waals surface area contributed by atoms with Crippen LogP contribution in [0, 0.1) is 13.8 Å². The highest BCUT2D eigenvalue weighted by Gasteiger charge is 2.18. The summed E-state index contributed by atoms with van der Waals surface area (Å²) in [5, 5.41) is 0.448. The molecule has 0 radical (unpaired) electrons. The van der Waals surface area contributed by atoms with E-state index in [1.54, 1.807) is 0 Å². The Kier molecular flexibility index (Phi) is 3.68. The van der Waals surface area contributed by atoms with Gasteiger partial charge in [0.2, 0.25) is 0 Å². The number of nitrogens with zero attached hydrogens (tertiary/aromatic N) is 2. The molecule has 0 amide bonds. The number of hydrogen-bond acceptors (Lipinski definition) is 1. The molecule has 0 spiro atoms. The Hall–Kier alpha value is -1.51. The lowest BCUT2D eigenvalue weighted by molar-refractivity contribution is 0.881. The van der Waals surface area contributed by atoms with Gasteiger partial charge in [-0.05, 0) is 56.2 Å². The molecule has 108 valence electrons. The van der Waals surface area contributed by atoms with Crippen LogP contribution < -0.4 is 0 Å². The molecule has 0 fully saturated rings. The highest BCUT2D eigenvalue weighted by atomic mass is 35.5. The van der Waals surface area contributed by atoms with Gasteiger partial charge >= 0.3 is 0 Å². The van der Waals surface area contributed by atoms with Gasteiger partial charge in [0.1, 0.15) is 11.3 Å². The predicted molar refractivity (Wildman–Crippen MR) is 89.8 cm³/mol. The quantitative estimate of drug-likeness (QED) is 0.563. The Bertz CT molecular complexity index is 819. The van der Waals surface area contributed by atoms with Crippen LogP contribution in [0.1, 0.15) is 29.3 Å². The van der Waals surface area contributed by atoms with E-state index in [0.29, 0.717) is 5.02 Å². The summed E-state index contributed by atoms with van der Waals surface area (Å²) < 4.78 is 2.09. The minimum Gasteiger partial charge on any atom is -0.295 e. The van der Waals surface area contributed by atoms with Crippen LogP contribution in [0.25, 0.3) is 16.7 Å². The summed E-state index contributed by atoms with van der Waals surface area (Å²) in [5.74, 6) is 0.808. The highest BCUT2D eigenvalue weighted by molar-refractivity contribution is 6.35. The van der Waals surface area contributed by atoms with Crippen molar-refractivity contribution in [3.63, 3.8) is 0 Å². The first-order valence-electron chi connectivity index (χ1n) is 6.87. The van der Waals surface area contributed by atoms with Crippen molar-refractivity contribution in [2.24, 2.45) is 0 Å². The number of imidazole rings is 1. The van der Waals surface area contributed by atoms with Crippen molar-refractivity contribution < 1.29 is 0 Å². The second-order valence-corrected chi connectivity index (χ2v) is 6.36. The Morgan fingerprint density at radius 3 is 2.52 bits per heavy atom. The Morgan fingerprint density at radius 2 is 1.86 bits per heavy atom. The van der Waals surface area contributed by atoms with Crippen LogP contribution in [0.4, 0.5) is 0 Å². The van der Waals surface area contributed by atoms with Crippen molar-refractivity contribution in [2.45, 2.75) is 26.1 Å². The Morgan fingerprint density at radius 1 is 1.10 bits per heavy atom. The van der Waals surface area contributed by atoms with Gasteiger partial charge in [0.05, 0.1) is 15.9 Å². The third kappa shape index (κ3) is 2.43. The van der Waals surface area contributed by atoms with Crippen molar-refractivity contribution in [1.29, 1.82) is 0 Å². The number of rotatable bonds is 2. The van der Waals surface area contributed by atoms with E-state index < -0.39 is 0 Å². The van der Waals surface area contributed by atoms with E-state index >= 15 is 0 Å². The number of halogens is 2. The number of aryl methyl sites for hydroxylation is 2. The topological polar surface area (TPSA) is 17.8 Å². The van der Waals surface area contributed by atoms with Crippen molar-refractivity contribution >= 4 is 34.2 Å². The monoisotopic (exact) mass is 318 g/mol. The molecule has 3 aromatic rings. The fourth-order valence-corrected chi connectivity index (χ4v) is 2.84. The molecule has 0 aliphatic heterocycles. The van der Waals surface area contributed by atoms with Crippen molar-refractivity contribution in [3.8, 4) is 5.69 Å². The zero-order valence-electron chi connectivity index (χ0n) is 12.2. The largest absolute Gasteiger partial charge is 0.295 e. The summed E-state index contributed by atoms with van der Waals surface area (Å²) >= 11 is 12.6. The lowest BCUT2D eigenvalue weighted by atomic mass is 10.1. The van der Waals surface area contributed by atoms with E-state index in [9.17, 15) is 0 Å². The molecule has 0 bridgehead atoms. The van der Waals surface area contributed by atoms with Gasteiger partial charge < -0.3 is 0 Å². The van der Waals surface area contributed by atoms with Gasteiger partial charge in [0.25, 0.3) is 0 Å². The number of alkyl halides is 1. The van der Waals surface area contributed by atoms with Gasteiger partial charge in [-0.2, -0.15) is 0 Å². The first-order valence-corrected chi connectivity index (χ1v) is 7.69. The number of fused-ring (bicyclic) bond motifs is 1. The van der Waals surface area contributed by atoms with Crippen LogP contribution in [-0.4, -0.2) is 9.55 Å². The van der Waals surface area contributed by atoms with E-state index in [1.807, 2.05) is 25.1 Å². The van der Waals surface area contributed by atoms with Crippen molar-refractivity contribution in [2.75, 3.05) is 0 Å². The Balaban J connectivity index is 2.36. The van der Waals surface area contributed by atoms with Gasteiger partial charge in [0.15, 0.2) is 0 Å². The molecule has 1 heterocycles. The number of aromatic nitrogens is 2. The molecule has 0 saturated heterocycles. The van der Waals surface area contributed by atoms with Crippen LogP contribution in [0.5, 0.6) is 0 Å². The zero-order chi connectivity index (χ0) is 15.1. The summed E-state index contributed by atoms with van der Waals surface area (Å²) in [6.07, 6.45) is 0. The van der Waals surface area contributed by atoms with Crippen LogP contribution in [0.2, 0.25) is 5.02 Å². The SMILES string of the molecule is Cc1ccc(-n2c(C(C)Cl)nc3c(Cl)cccc32)cc1C. The summed E-state index contributed by atoms with van der Waals surface area (Å²) in [4.78, 5) is 4.64. The highest BCUT2D eigenvalue weighted by Crippen LogP contribution is 2.31. The normalized spacial score (nSPS) is 12.8. The maximum atomic E-state index is 6.33. The fraction of sp³-hybridized carbons (Fsp3) is 0.235. The third-order valence-electron chi connectivity index (χ3n) is 3.77. The first-order chi connectivity index (χ1) is 9.99. The molecule has 3 rings (SSSR count). The molecule has 1 atom stereocenters. The smallest absolute Gasteiger partial charge is 0.132 e. The molecule has 1 unspecified atom stereocenters. The predicted octanol–water partition coefficient (Wildman–Crippen LogP) is 5.60. The second-order valence-electron chi connectivity index (χ2n) is 5.30. The molecule has 0 saturated carbocycles. The molecule has 0 aliphatic rings. The molecular formula is C17H16Cl2N2. The van der Waals surface area contributed by atoms with Crippen LogP contribution in [0.3, 0.4) is 0 Å². The average Bonchev–Trinajstić information content (AvgIpc) is 2.83. The van der Waals surface area contributed by atoms with E-state index in [4.69, 9.17) is 23.2 Å². The molecule has 0 aliphatic carbocycles. The minimum atomic E-state index is -0.199. The molecule has 2 nitrogen and oxygen atoms in total. The standard InChI is InChI=1S/C17H16Cl2N2/c1-10-7-8-13(9-11(10)2)21-15-6-4-5-14(19)16(15)20-17(21)12(3)18/h4-9,12H,1-3H3. The zero-order valence-corrected chi connectivity index (χ0v) is 13.7. The molecule has 0 N–H and O–H groups in total. The lowest BCUT2D eigenvalue weighted by Crippen LogP contribution is -2.02. The maximum absolute atomic E-state index is 6.33. The summed E-state index contributed by atoms with van der Waals surface area (Å²) in [6, 6.07) is 12.2. The molecule has 4 heteroatoms. The third-order valence-corrected chi connectivity index (χ3v) is 4.27. The van der Waals surface area contributed by atoms with E-state index in [1.165, 1.54) is 11.1 Å². The van der Waals surface area contributed by atoms with Crippen molar-refractivity contribution in [1.82, 2.24) is 9.55 Å². The van der Waals surface area contributed by atoms with Gasteiger partial charge in [0, 0.05) is 5.69 Å². The number of para-hydroxylation sites is 1. The summed E-state index contributed by atoms with van der Waals surface area (Å²) in [7, 11) is 0.